The van der Waals surface area contributed by atoms with Crippen molar-refractivity contribution in [3.05, 3.63) is 23.8 Å². The van der Waals surface area contributed by atoms with Crippen molar-refractivity contribution in [2.45, 2.75) is 0 Å². The highest BCUT2D eigenvalue weighted by molar-refractivity contribution is 5.50. The minimum atomic E-state index is -0.172. The Balaban J connectivity index is 2.81. The Kier molecular flexibility index (Phi) is 6.06. The highest BCUT2D eigenvalue weighted by Gasteiger charge is 2.04. The molecule has 0 spiro atoms. The van der Waals surface area contributed by atoms with Crippen LogP contribution in [0.2, 0.25) is 0 Å². The average Bonchev–Trinajstić information content (AvgIpc) is 2.36. The van der Waals surface area contributed by atoms with Crippen LogP contribution in [0.5, 0.6) is 11.5 Å². The lowest BCUT2D eigenvalue weighted by molar-refractivity contribution is 0.260. The number of hydrogen-bond donors (Lipinski definition) is 1. The number of nitrogens with zero attached hydrogens (tertiary/aromatic N) is 1. The molecule has 0 saturated heterocycles. The Hall–Kier alpha value is -1.70. The molecule has 0 aliphatic heterocycles. The molecule has 0 unspecified atom stereocenters. The van der Waals surface area contributed by atoms with Gasteiger partial charge in [-0.25, -0.2) is 0 Å². The summed E-state index contributed by atoms with van der Waals surface area (Å²) in [5, 5.41) is 8.74. The highest BCUT2D eigenvalue weighted by Crippen LogP contribution is 2.23. The topological polar surface area (TPSA) is 41.9 Å². The molecule has 0 heterocycles. The number of likely N-dealkylation sites (N-methyl/N-ethyl adjacent to an activating group) is 1. The van der Waals surface area contributed by atoms with E-state index in [-0.39, 0.29) is 6.61 Å². The van der Waals surface area contributed by atoms with E-state index >= 15 is 0 Å². The third-order valence-electron chi connectivity index (χ3n) is 2.28. The van der Waals surface area contributed by atoms with Gasteiger partial charge in [0.2, 0.25) is 0 Å². The molecule has 18 heavy (non-hydrogen) atoms. The normalized spacial score (nSPS) is 9.83. The molecule has 1 N–H and O–H groups in total. The second-order valence-electron chi connectivity index (χ2n) is 3.97. The molecule has 0 radical (unpaired) electrons. The van der Waals surface area contributed by atoms with Crippen molar-refractivity contribution in [1.29, 1.82) is 0 Å². The molecular formula is C14H19NO3. The van der Waals surface area contributed by atoms with Gasteiger partial charge in [-0.15, -0.1) is 0 Å². The standard InChI is InChI=1S/C14H19NO3/c1-15(2)8-10-18-14-7-6-13(17-3)11-12(14)5-4-9-16/h6-7,11,16H,8-10H2,1-3H3. The van der Waals surface area contributed by atoms with E-state index in [1.54, 1.807) is 13.2 Å². The van der Waals surface area contributed by atoms with Gasteiger partial charge in [0.15, 0.2) is 0 Å². The quantitative estimate of drug-likeness (QED) is 0.790. The van der Waals surface area contributed by atoms with Crippen LogP contribution >= 0.6 is 0 Å². The van der Waals surface area contributed by atoms with Crippen molar-refractivity contribution in [1.82, 2.24) is 4.90 Å². The van der Waals surface area contributed by atoms with Gasteiger partial charge in [0.25, 0.3) is 0 Å². The van der Waals surface area contributed by atoms with Crippen LogP contribution in [0.4, 0.5) is 0 Å². The van der Waals surface area contributed by atoms with Crippen molar-refractivity contribution >= 4 is 0 Å². The van der Waals surface area contributed by atoms with Crippen molar-refractivity contribution in [2.75, 3.05) is 41.0 Å². The summed E-state index contributed by atoms with van der Waals surface area (Å²) in [6.45, 7) is 1.25. The summed E-state index contributed by atoms with van der Waals surface area (Å²) in [6, 6.07) is 5.46. The number of methoxy groups -OCH3 is 1. The fourth-order valence-corrected chi connectivity index (χ4v) is 1.33. The molecule has 0 bridgehead atoms. The van der Waals surface area contributed by atoms with Crippen LogP contribution in [0.15, 0.2) is 18.2 Å². The van der Waals surface area contributed by atoms with Crippen LogP contribution in [-0.4, -0.2) is 51.0 Å². The largest absolute Gasteiger partial charge is 0.497 e. The van der Waals surface area contributed by atoms with E-state index in [2.05, 4.69) is 11.8 Å². The predicted molar refractivity (Wildman–Crippen MR) is 71.0 cm³/mol. The predicted octanol–water partition coefficient (Wildman–Crippen LogP) is 0.979. The van der Waals surface area contributed by atoms with Gasteiger partial charge in [0.05, 0.1) is 12.7 Å². The zero-order chi connectivity index (χ0) is 13.4. The molecule has 4 nitrogen and oxygen atoms in total. The minimum Gasteiger partial charge on any atom is -0.497 e. The fourth-order valence-electron chi connectivity index (χ4n) is 1.33. The molecule has 0 amide bonds. The number of ether oxygens (including phenoxy) is 2. The van der Waals surface area contributed by atoms with Gasteiger partial charge in [-0.3, -0.25) is 0 Å². The Bertz CT molecular complexity index is 432. The third kappa shape index (κ3) is 4.66. The molecule has 0 aliphatic rings. The number of aliphatic hydroxyl groups excluding tert-OH is 1. The molecule has 1 aromatic carbocycles. The second-order valence-corrected chi connectivity index (χ2v) is 3.97. The Morgan fingerprint density at radius 1 is 1.33 bits per heavy atom. The van der Waals surface area contributed by atoms with Gasteiger partial charge in [0, 0.05) is 6.54 Å². The zero-order valence-electron chi connectivity index (χ0n) is 11.1. The highest BCUT2D eigenvalue weighted by atomic mass is 16.5. The van der Waals surface area contributed by atoms with E-state index in [0.717, 1.165) is 17.9 Å². The molecule has 4 heteroatoms. The lowest BCUT2D eigenvalue weighted by atomic mass is 10.2. The van der Waals surface area contributed by atoms with Gasteiger partial charge in [-0.05, 0) is 32.3 Å². The van der Waals surface area contributed by atoms with Crippen molar-refractivity contribution in [3.63, 3.8) is 0 Å². The minimum absolute atomic E-state index is 0.172. The molecule has 0 saturated carbocycles. The number of hydrogen-bond acceptors (Lipinski definition) is 4. The number of benzene rings is 1. The lowest BCUT2D eigenvalue weighted by Gasteiger charge is -2.12. The molecule has 0 aromatic heterocycles. The van der Waals surface area contributed by atoms with Crippen molar-refractivity contribution < 1.29 is 14.6 Å². The first kappa shape index (κ1) is 14.4. The Morgan fingerprint density at radius 2 is 2.11 bits per heavy atom. The summed E-state index contributed by atoms with van der Waals surface area (Å²) in [5.74, 6) is 6.90. The van der Waals surface area contributed by atoms with Crippen LogP contribution in [0.25, 0.3) is 0 Å². The van der Waals surface area contributed by atoms with Gasteiger partial charge in [0.1, 0.15) is 24.7 Å². The third-order valence-corrected chi connectivity index (χ3v) is 2.28. The second kappa shape index (κ2) is 7.59. The number of rotatable bonds is 5. The summed E-state index contributed by atoms with van der Waals surface area (Å²) in [6.07, 6.45) is 0. The summed E-state index contributed by atoms with van der Waals surface area (Å²) in [5.41, 5.74) is 0.724. The van der Waals surface area contributed by atoms with Gasteiger partial charge < -0.3 is 19.5 Å². The maximum absolute atomic E-state index is 8.74. The van der Waals surface area contributed by atoms with E-state index in [0.29, 0.717) is 12.4 Å². The maximum Gasteiger partial charge on any atom is 0.135 e. The number of aliphatic hydroxyl groups is 1. The molecular weight excluding hydrogens is 230 g/mol. The van der Waals surface area contributed by atoms with Gasteiger partial charge in [-0.1, -0.05) is 11.8 Å². The van der Waals surface area contributed by atoms with Crippen LogP contribution in [-0.2, 0) is 0 Å². The first-order valence-corrected chi connectivity index (χ1v) is 5.72. The van der Waals surface area contributed by atoms with E-state index in [1.807, 2.05) is 31.1 Å². The van der Waals surface area contributed by atoms with E-state index < -0.39 is 0 Å². The maximum atomic E-state index is 8.74. The zero-order valence-corrected chi connectivity index (χ0v) is 11.1. The monoisotopic (exact) mass is 249 g/mol. The Labute approximate surface area is 108 Å². The molecule has 0 fully saturated rings. The van der Waals surface area contributed by atoms with Crippen LogP contribution < -0.4 is 9.47 Å². The first-order valence-electron chi connectivity index (χ1n) is 5.72. The average molecular weight is 249 g/mol. The summed E-state index contributed by atoms with van der Waals surface area (Å²) < 4.78 is 10.8. The van der Waals surface area contributed by atoms with Crippen molar-refractivity contribution in [2.24, 2.45) is 0 Å². The Morgan fingerprint density at radius 3 is 2.72 bits per heavy atom. The molecule has 0 aliphatic carbocycles. The van der Waals surface area contributed by atoms with E-state index in [9.17, 15) is 0 Å². The van der Waals surface area contributed by atoms with E-state index in [4.69, 9.17) is 14.6 Å². The van der Waals surface area contributed by atoms with Gasteiger partial charge >= 0.3 is 0 Å². The first-order chi connectivity index (χ1) is 8.67. The summed E-state index contributed by atoms with van der Waals surface area (Å²) in [7, 11) is 5.58. The summed E-state index contributed by atoms with van der Waals surface area (Å²) >= 11 is 0. The molecule has 98 valence electrons. The molecule has 0 atom stereocenters. The molecule has 1 aromatic rings. The summed E-state index contributed by atoms with van der Waals surface area (Å²) in [4.78, 5) is 2.04. The van der Waals surface area contributed by atoms with Gasteiger partial charge in [-0.2, -0.15) is 0 Å². The van der Waals surface area contributed by atoms with Crippen LogP contribution in [0.1, 0.15) is 5.56 Å². The smallest absolute Gasteiger partial charge is 0.135 e. The van der Waals surface area contributed by atoms with Crippen LogP contribution in [0.3, 0.4) is 0 Å². The fraction of sp³-hybridized carbons (Fsp3) is 0.429. The van der Waals surface area contributed by atoms with Crippen molar-refractivity contribution in [3.8, 4) is 23.3 Å². The van der Waals surface area contributed by atoms with Crippen LogP contribution in [0, 0.1) is 11.8 Å². The lowest BCUT2D eigenvalue weighted by Crippen LogP contribution is -2.19. The van der Waals surface area contributed by atoms with E-state index in [1.165, 1.54) is 0 Å². The SMILES string of the molecule is COc1ccc(OCCN(C)C)c(C#CCO)c1. The molecule has 1 rings (SSSR count).